The summed E-state index contributed by atoms with van der Waals surface area (Å²) in [6.07, 6.45) is -0.273. The van der Waals surface area contributed by atoms with E-state index in [0.29, 0.717) is 6.42 Å². The molecule has 0 aromatic rings. The largest absolute Gasteiger partial charge is 0.448 e. The lowest BCUT2D eigenvalue weighted by Gasteiger charge is -2.23. The smallest absolute Gasteiger partial charge is 0.407 e. The molecule has 0 bridgehead atoms. The third kappa shape index (κ3) is 4.89. The van der Waals surface area contributed by atoms with Gasteiger partial charge in [-0.2, -0.15) is 0 Å². The average Bonchev–Trinajstić information content (AvgIpc) is 2.49. The lowest BCUT2D eigenvalue weighted by molar-refractivity contribution is 0.137. The van der Waals surface area contributed by atoms with Crippen LogP contribution in [0, 0.1) is 0 Å². The van der Waals surface area contributed by atoms with Gasteiger partial charge in [-0.05, 0) is 13.3 Å². The molecule has 0 spiro atoms. The minimum atomic E-state index is -3.05. The van der Waals surface area contributed by atoms with Crippen molar-refractivity contribution in [3.8, 4) is 0 Å². The van der Waals surface area contributed by atoms with E-state index >= 15 is 0 Å². The van der Waals surface area contributed by atoms with E-state index in [1.807, 2.05) is 0 Å². The highest BCUT2D eigenvalue weighted by Gasteiger charge is 2.39. The van der Waals surface area contributed by atoms with Crippen molar-refractivity contribution < 1.29 is 17.9 Å². The lowest BCUT2D eigenvalue weighted by Crippen LogP contribution is -2.47. The third-order valence-corrected chi connectivity index (χ3v) is 5.18. The SMILES string of the molecule is CC1(NC(=O)OCC(Cl)CCl)CCS(=O)(=O)C1. The summed E-state index contributed by atoms with van der Waals surface area (Å²) in [7, 11) is -3.05. The Bertz CT molecular complexity index is 386. The number of amides is 1. The Balaban J connectivity index is 2.41. The van der Waals surface area contributed by atoms with Crippen molar-refractivity contribution in [2.24, 2.45) is 0 Å². The van der Waals surface area contributed by atoms with Crippen molar-refractivity contribution in [3.63, 3.8) is 0 Å². The summed E-state index contributed by atoms with van der Waals surface area (Å²) in [5.74, 6) is 0.207. The first kappa shape index (κ1) is 14.9. The number of alkyl carbamates (subject to hydrolysis) is 1. The van der Waals surface area contributed by atoms with Gasteiger partial charge in [-0.1, -0.05) is 0 Å². The second-order valence-corrected chi connectivity index (χ2v) is 7.49. The number of carbonyl (C=O) groups excluding carboxylic acids is 1. The molecule has 1 saturated heterocycles. The molecule has 1 heterocycles. The number of alkyl halides is 2. The Kier molecular flexibility index (Phi) is 4.92. The molecule has 1 aliphatic heterocycles. The summed E-state index contributed by atoms with van der Waals surface area (Å²) in [5.41, 5.74) is -0.751. The minimum Gasteiger partial charge on any atom is -0.448 e. The molecule has 1 fully saturated rings. The van der Waals surface area contributed by atoms with Crippen molar-refractivity contribution in [3.05, 3.63) is 0 Å². The van der Waals surface area contributed by atoms with E-state index in [1.165, 1.54) is 0 Å². The van der Waals surface area contributed by atoms with E-state index in [9.17, 15) is 13.2 Å². The van der Waals surface area contributed by atoms with E-state index in [2.05, 4.69) is 5.32 Å². The molecule has 0 aromatic heterocycles. The van der Waals surface area contributed by atoms with Crippen molar-refractivity contribution in [2.45, 2.75) is 24.3 Å². The summed E-state index contributed by atoms with van der Waals surface area (Å²) in [6.45, 7) is 1.68. The van der Waals surface area contributed by atoms with Crippen LogP contribution < -0.4 is 5.32 Å². The molecule has 8 heteroatoms. The van der Waals surface area contributed by atoms with Gasteiger partial charge in [0.15, 0.2) is 9.84 Å². The van der Waals surface area contributed by atoms with Crippen molar-refractivity contribution >= 4 is 39.1 Å². The number of carbonyl (C=O) groups is 1. The molecule has 17 heavy (non-hydrogen) atoms. The molecule has 1 rings (SSSR count). The Morgan fingerprint density at radius 2 is 2.24 bits per heavy atom. The summed E-state index contributed by atoms with van der Waals surface area (Å²) in [4.78, 5) is 11.4. The molecule has 1 amide bonds. The maximum absolute atomic E-state index is 11.4. The zero-order chi connectivity index (χ0) is 13.1. The second-order valence-electron chi connectivity index (χ2n) is 4.38. The molecule has 0 aromatic carbocycles. The third-order valence-electron chi connectivity index (χ3n) is 2.47. The van der Waals surface area contributed by atoms with Gasteiger partial charge in [-0.3, -0.25) is 0 Å². The standard InChI is InChI=1S/C9H15Cl2NO4S/c1-9(2-3-17(14,15)6-9)12-8(13)16-5-7(11)4-10/h7H,2-6H2,1H3,(H,12,13). The predicted octanol–water partition coefficient (Wildman–Crippen LogP) is 1.14. The highest BCUT2D eigenvalue weighted by atomic mass is 35.5. The van der Waals surface area contributed by atoms with Gasteiger partial charge in [0, 0.05) is 5.88 Å². The molecule has 0 aliphatic carbocycles. The van der Waals surface area contributed by atoms with Crippen LogP contribution in [0.5, 0.6) is 0 Å². The fourth-order valence-corrected chi connectivity index (χ4v) is 3.85. The fourth-order valence-electron chi connectivity index (χ4n) is 1.60. The summed E-state index contributed by atoms with van der Waals surface area (Å²) >= 11 is 11.1. The van der Waals surface area contributed by atoms with Crippen LogP contribution in [-0.2, 0) is 14.6 Å². The monoisotopic (exact) mass is 303 g/mol. The molecule has 0 radical (unpaired) electrons. The molecule has 1 N–H and O–H groups in total. The zero-order valence-corrected chi connectivity index (χ0v) is 11.7. The first-order valence-electron chi connectivity index (χ1n) is 5.12. The number of ether oxygens (including phenoxy) is 1. The maximum Gasteiger partial charge on any atom is 0.407 e. The van der Waals surface area contributed by atoms with E-state index in [1.54, 1.807) is 6.92 Å². The molecule has 1 aliphatic rings. The van der Waals surface area contributed by atoms with Gasteiger partial charge in [-0.25, -0.2) is 13.2 Å². The number of hydrogen-bond donors (Lipinski definition) is 1. The normalized spacial score (nSPS) is 28.6. The van der Waals surface area contributed by atoms with Gasteiger partial charge in [0.1, 0.15) is 6.61 Å². The van der Waals surface area contributed by atoms with Crippen molar-refractivity contribution in [1.82, 2.24) is 5.32 Å². The number of sulfone groups is 1. The van der Waals surface area contributed by atoms with Crippen LogP contribution in [0.3, 0.4) is 0 Å². The maximum atomic E-state index is 11.4. The summed E-state index contributed by atoms with van der Waals surface area (Å²) in [6, 6.07) is 0. The highest BCUT2D eigenvalue weighted by molar-refractivity contribution is 7.91. The van der Waals surface area contributed by atoms with Gasteiger partial charge in [0.2, 0.25) is 0 Å². The van der Waals surface area contributed by atoms with Crippen molar-refractivity contribution in [2.75, 3.05) is 24.0 Å². The second kappa shape index (κ2) is 5.63. The Morgan fingerprint density at radius 1 is 1.59 bits per heavy atom. The molecular formula is C9H15Cl2NO4S. The lowest BCUT2D eigenvalue weighted by atomic mass is 10.0. The molecule has 2 atom stereocenters. The van der Waals surface area contributed by atoms with Gasteiger partial charge in [-0.15, -0.1) is 23.2 Å². The van der Waals surface area contributed by atoms with Crippen LogP contribution in [-0.4, -0.2) is 49.4 Å². The van der Waals surface area contributed by atoms with Gasteiger partial charge < -0.3 is 10.1 Å². The van der Waals surface area contributed by atoms with Crippen molar-refractivity contribution in [1.29, 1.82) is 0 Å². The van der Waals surface area contributed by atoms with Crippen LogP contribution >= 0.6 is 23.2 Å². The molecule has 100 valence electrons. The van der Waals surface area contributed by atoms with Gasteiger partial charge >= 0.3 is 6.09 Å². The predicted molar refractivity (Wildman–Crippen MR) is 66.5 cm³/mol. The summed E-state index contributed by atoms with van der Waals surface area (Å²) in [5, 5.41) is 2.11. The van der Waals surface area contributed by atoms with E-state index in [4.69, 9.17) is 27.9 Å². The quantitative estimate of drug-likeness (QED) is 0.790. The Hall–Kier alpha value is -0.200. The van der Waals surface area contributed by atoms with E-state index in [-0.39, 0.29) is 24.0 Å². The Labute approximate surface area is 111 Å². The van der Waals surface area contributed by atoms with Crippen LogP contribution in [0.4, 0.5) is 4.79 Å². The number of nitrogens with one attached hydrogen (secondary N) is 1. The average molecular weight is 304 g/mol. The first-order chi connectivity index (χ1) is 7.76. The topological polar surface area (TPSA) is 72.5 Å². The van der Waals surface area contributed by atoms with Gasteiger partial charge in [0.05, 0.1) is 22.4 Å². The number of halogens is 2. The number of hydrogen-bond acceptors (Lipinski definition) is 4. The summed E-state index contributed by atoms with van der Waals surface area (Å²) < 4.78 is 27.4. The molecule has 0 saturated carbocycles. The first-order valence-corrected chi connectivity index (χ1v) is 7.91. The number of rotatable bonds is 4. The van der Waals surface area contributed by atoms with Crippen LogP contribution in [0.25, 0.3) is 0 Å². The highest BCUT2D eigenvalue weighted by Crippen LogP contribution is 2.22. The molecule has 5 nitrogen and oxygen atoms in total. The van der Waals surface area contributed by atoms with Crippen LogP contribution in [0.1, 0.15) is 13.3 Å². The minimum absolute atomic E-state index is 0.000279. The molecular weight excluding hydrogens is 289 g/mol. The van der Waals surface area contributed by atoms with Gasteiger partial charge in [0.25, 0.3) is 0 Å². The molecule has 2 unspecified atom stereocenters. The van der Waals surface area contributed by atoms with E-state index in [0.717, 1.165) is 0 Å². The Morgan fingerprint density at radius 3 is 2.71 bits per heavy atom. The zero-order valence-electron chi connectivity index (χ0n) is 9.41. The fraction of sp³-hybridized carbons (Fsp3) is 0.889. The van der Waals surface area contributed by atoms with E-state index < -0.39 is 26.8 Å². The van der Waals surface area contributed by atoms with Crippen LogP contribution in [0.15, 0.2) is 0 Å². The van der Waals surface area contributed by atoms with Crippen LogP contribution in [0.2, 0.25) is 0 Å².